The molecule has 0 unspecified atom stereocenters. The fraction of sp³-hybridized carbons (Fsp3) is 0.333. The lowest BCUT2D eigenvalue weighted by atomic mass is 10.1. The van der Waals surface area contributed by atoms with Crippen LogP contribution in [-0.2, 0) is 0 Å². The van der Waals surface area contributed by atoms with Crippen molar-refractivity contribution in [2.45, 2.75) is 13.0 Å². The Morgan fingerprint density at radius 3 is 2.69 bits per heavy atom. The van der Waals surface area contributed by atoms with Crippen LogP contribution in [-0.4, -0.2) is 12.3 Å². The molecule has 0 aliphatic heterocycles. The maximum absolute atomic E-state index is 13.2. The van der Waals surface area contributed by atoms with E-state index in [4.69, 9.17) is 9.94 Å². The van der Waals surface area contributed by atoms with E-state index < -0.39 is 11.9 Å². The fourth-order valence-electron chi connectivity index (χ4n) is 1.06. The molecule has 1 aromatic rings. The van der Waals surface area contributed by atoms with E-state index in [9.17, 15) is 4.39 Å². The number of ether oxygens (including phenoxy) is 1. The van der Waals surface area contributed by atoms with Crippen LogP contribution in [0.5, 0.6) is 5.75 Å². The molecule has 0 radical (unpaired) electrons. The second kappa shape index (κ2) is 4.20. The molecule has 1 rings (SSSR count). The van der Waals surface area contributed by atoms with Crippen molar-refractivity contribution < 1.29 is 14.3 Å². The highest BCUT2D eigenvalue weighted by Gasteiger charge is 2.09. The molecule has 0 aromatic heterocycles. The van der Waals surface area contributed by atoms with Crippen LogP contribution in [0.15, 0.2) is 18.2 Å². The average molecular weight is 185 g/mol. The second-order valence-corrected chi connectivity index (χ2v) is 2.74. The van der Waals surface area contributed by atoms with Crippen molar-refractivity contribution in [2.24, 2.45) is 0 Å². The summed E-state index contributed by atoms with van der Waals surface area (Å²) < 4.78 is 18.1. The number of nitrogens with one attached hydrogen (secondary N) is 1. The first-order chi connectivity index (χ1) is 6.19. The van der Waals surface area contributed by atoms with Gasteiger partial charge in [-0.2, -0.15) is 5.48 Å². The molecule has 0 aliphatic rings. The quantitative estimate of drug-likeness (QED) is 0.706. The normalized spacial score (nSPS) is 12.6. The minimum absolute atomic E-state index is 0.395. The Bertz CT molecular complexity index is 291. The topological polar surface area (TPSA) is 41.5 Å². The van der Waals surface area contributed by atoms with Gasteiger partial charge >= 0.3 is 0 Å². The Kier molecular flexibility index (Phi) is 3.22. The number of methoxy groups -OCH3 is 1. The van der Waals surface area contributed by atoms with Crippen LogP contribution in [0.1, 0.15) is 18.5 Å². The van der Waals surface area contributed by atoms with Crippen molar-refractivity contribution in [3.63, 3.8) is 0 Å². The molecule has 0 spiro atoms. The van der Waals surface area contributed by atoms with E-state index in [1.54, 1.807) is 19.1 Å². The Labute approximate surface area is 76.1 Å². The van der Waals surface area contributed by atoms with Gasteiger partial charge in [0.25, 0.3) is 0 Å². The van der Waals surface area contributed by atoms with Gasteiger partial charge in [-0.1, -0.05) is 6.07 Å². The summed E-state index contributed by atoms with van der Waals surface area (Å²) in [6, 6.07) is 4.07. The predicted octanol–water partition coefficient (Wildman–Crippen LogP) is 1.87. The van der Waals surface area contributed by atoms with Gasteiger partial charge in [-0.3, -0.25) is 0 Å². The molecule has 4 heteroatoms. The molecule has 1 atom stereocenters. The summed E-state index contributed by atoms with van der Waals surface area (Å²) in [7, 11) is 1.47. The number of hydrogen-bond donors (Lipinski definition) is 2. The van der Waals surface area contributed by atoms with Crippen LogP contribution < -0.4 is 10.2 Å². The van der Waals surface area contributed by atoms with Crippen molar-refractivity contribution in [1.29, 1.82) is 0 Å². The highest BCUT2D eigenvalue weighted by molar-refractivity contribution is 5.30. The molecular formula is C9H12FNO2. The van der Waals surface area contributed by atoms with E-state index in [-0.39, 0.29) is 0 Å². The van der Waals surface area contributed by atoms with Crippen molar-refractivity contribution in [3.05, 3.63) is 29.6 Å². The van der Waals surface area contributed by atoms with Crippen LogP contribution in [0.3, 0.4) is 0 Å². The van der Waals surface area contributed by atoms with Gasteiger partial charge in [0.15, 0.2) is 0 Å². The summed E-state index contributed by atoms with van der Waals surface area (Å²) in [4.78, 5) is 0. The molecule has 3 nitrogen and oxygen atoms in total. The lowest BCUT2D eigenvalue weighted by Crippen LogP contribution is -2.14. The van der Waals surface area contributed by atoms with E-state index in [2.05, 4.69) is 0 Å². The number of hydrogen-bond acceptors (Lipinski definition) is 3. The van der Waals surface area contributed by atoms with Crippen molar-refractivity contribution >= 4 is 0 Å². The van der Waals surface area contributed by atoms with Gasteiger partial charge in [0.05, 0.1) is 13.2 Å². The van der Waals surface area contributed by atoms with Gasteiger partial charge in [-0.25, -0.2) is 4.39 Å². The zero-order valence-corrected chi connectivity index (χ0v) is 7.54. The molecule has 0 saturated heterocycles. The smallest absolute Gasteiger partial charge is 0.131 e. The SMILES string of the molecule is COc1ccc([C@H](C)NO)c(F)c1. The third-order valence-electron chi connectivity index (χ3n) is 1.87. The number of rotatable bonds is 3. The zero-order chi connectivity index (χ0) is 9.84. The van der Waals surface area contributed by atoms with Crippen LogP contribution in [0.4, 0.5) is 4.39 Å². The maximum Gasteiger partial charge on any atom is 0.131 e. The minimum atomic E-state index is -0.425. The Balaban J connectivity index is 2.98. The van der Waals surface area contributed by atoms with Crippen molar-refractivity contribution in [1.82, 2.24) is 5.48 Å². The first-order valence-electron chi connectivity index (χ1n) is 3.92. The van der Waals surface area contributed by atoms with Gasteiger partial charge in [0.2, 0.25) is 0 Å². The lowest BCUT2D eigenvalue weighted by molar-refractivity contribution is 0.131. The van der Waals surface area contributed by atoms with Gasteiger partial charge in [-0.15, -0.1) is 0 Å². The molecule has 0 fully saturated rings. The summed E-state index contributed by atoms with van der Waals surface area (Å²) in [6.07, 6.45) is 0. The van der Waals surface area contributed by atoms with Crippen molar-refractivity contribution in [2.75, 3.05) is 7.11 Å². The highest BCUT2D eigenvalue weighted by Crippen LogP contribution is 2.20. The third-order valence-corrected chi connectivity index (χ3v) is 1.87. The number of hydroxylamine groups is 1. The Morgan fingerprint density at radius 2 is 2.23 bits per heavy atom. The molecule has 72 valence electrons. The molecule has 2 N–H and O–H groups in total. The van der Waals surface area contributed by atoms with E-state index in [0.29, 0.717) is 11.3 Å². The van der Waals surface area contributed by atoms with E-state index in [1.807, 2.05) is 5.48 Å². The van der Waals surface area contributed by atoms with Crippen LogP contribution >= 0.6 is 0 Å². The molecule has 0 aliphatic carbocycles. The van der Waals surface area contributed by atoms with Gasteiger partial charge < -0.3 is 9.94 Å². The summed E-state index contributed by atoms with van der Waals surface area (Å²) >= 11 is 0. The fourth-order valence-corrected chi connectivity index (χ4v) is 1.06. The summed E-state index contributed by atoms with van der Waals surface area (Å²) in [6.45, 7) is 1.66. The van der Waals surface area contributed by atoms with E-state index >= 15 is 0 Å². The average Bonchev–Trinajstić information content (AvgIpc) is 2.16. The second-order valence-electron chi connectivity index (χ2n) is 2.74. The summed E-state index contributed by atoms with van der Waals surface area (Å²) in [5.41, 5.74) is 2.38. The van der Waals surface area contributed by atoms with Crippen LogP contribution in [0.2, 0.25) is 0 Å². The minimum Gasteiger partial charge on any atom is -0.497 e. The maximum atomic E-state index is 13.2. The van der Waals surface area contributed by atoms with E-state index in [1.165, 1.54) is 13.2 Å². The largest absolute Gasteiger partial charge is 0.497 e. The van der Waals surface area contributed by atoms with Gasteiger partial charge in [0.1, 0.15) is 11.6 Å². The predicted molar refractivity (Wildman–Crippen MR) is 46.3 cm³/mol. The molecule has 0 bridgehead atoms. The number of benzene rings is 1. The molecule has 13 heavy (non-hydrogen) atoms. The van der Waals surface area contributed by atoms with Gasteiger partial charge in [0, 0.05) is 11.6 Å². The monoisotopic (exact) mass is 185 g/mol. The van der Waals surface area contributed by atoms with E-state index in [0.717, 1.165) is 0 Å². The lowest BCUT2D eigenvalue weighted by Gasteiger charge is -2.11. The molecule has 0 heterocycles. The molecule has 0 saturated carbocycles. The standard InChI is InChI=1S/C9H12FNO2/c1-6(11-12)8-4-3-7(13-2)5-9(8)10/h3-6,11-12H,1-2H3/t6-/m0/s1. The molecule has 1 aromatic carbocycles. The summed E-state index contributed by atoms with van der Waals surface area (Å²) in [5.74, 6) is 0.0692. The third kappa shape index (κ3) is 2.17. The first kappa shape index (κ1) is 9.95. The van der Waals surface area contributed by atoms with Crippen LogP contribution in [0, 0.1) is 5.82 Å². The Hall–Kier alpha value is -1.13. The van der Waals surface area contributed by atoms with Crippen molar-refractivity contribution in [3.8, 4) is 5.75 Å². The molecule has 0 amide bonds. The van der Waals surface area contributed by atoms with Gasteiger partial charge in [-0.05, 0) is 13.0 Å². The van der Waals surface area contributed by atoms with Crippen LogP contribution in [0.25, 0.3) is 0 Å². The zero-order valence-electron chi connectivity index (χ0n) is 7.54. The first-order valence-corrected chi connectivity index (χ1v) is 3.92. The summed E-state index contributed by atoms with van der Waals surface area (Å²) in [5, 5.41) is 8.59. The Morgan fingerprint density at radius 1 is 1.54 bits per heavy atom. The number of halogens is 1. The highest BCUT2D eigenvalue weighted by atomic mass is 19.1. The molecular weight excluding hydrogens is 173 g/mol.